The number of nitro benzene ring substituents is 1. The molecule has 0 radical (unpaired) electrons. The molecular formula is C10H10N6O3. The molecular weight excluding hydrogens is 252 g/mol. The number of ether oxygens (including phenoxy) is 1. The van der Waals surface area contributed by atoms with Crippen LogP contribution in [0.5, 0.6) is 5.75 Å². The van der Waals surface area contributed by atoms with Gasteiger partial charge in [0.15, 0.2) is 5.82 Å². The van der Waals surface area contributed by atoms with E-state index in [2.05, 4.69) is 15.0 Å². The van der Waals surface area contributed by atoms with Crippen molar-refractivity contribution in [3.63, 3.8) is 0 Å². The molecule has 0 unspecified atom stereocenters. The summed E-state index contributed by atoms with van der Waals surface area (Å²) in [5, 5.41) is 10.7. The molecule has 1 aromatic heterocycles. The molecule has 2 aromatic rings. The molecule has 0 fully saturated rings. The zero-order chi connectivity index (χ0) is 14.0. The van der Waals surface area contributed by atoms with Gasteiger partial charge < -0.3 is 16.2 Å². The van der Waals surface area contributed by atoms with E-state index < -0.39 is 4.92 Å². The van der Waals surface area contributed by atoms with Gasteiger partial charge in [-0.3, -0.25) is 10.1 Å². The highest BCUT2D eigenvalue weighted by Gasteiger charge is 2.15. The fourth-order valence-corrected chi connectivity index (χ4v) is 1.51. The Morgan fingerprint density at radius 2 is 1.84 bits per heavy atom. The number of nitro groups is 1. The van der Waals surface area contributed by atoms with Gasteiger partial charge in [0.2, 0.25) is 11.9 Å². The monoisotopic (exact) mass is 262 g/mol. The number of nitrogen functional groups attached to an aromatic ring is 2. The van der Waals surface area contributed by atoms with Gasteiger partial charge in [0, 0.05) is 6.07 Å². The second kappa shape index (κ2) is 4.72. The number of nitrogens with zero attached hydrogens (tertiary/aromatic N) is 4. The van der Waals surface area contributed by atoms with Crippen molar-refractivity contribution < 1.29 is 9.66 Å². The number of aromatic nitrogens is 3. The van der Waals surface area contributed by atoms with E-state index in [0.29, 0.717) is 5.56 Å². The molecule has 0 aliphatic heterocycles. The molecule has 4 N–H and O–H groups in total. The third kappa shape index (κ3) is 2.49. The van der Waals surface area contributed by atoms with E-state index in [1.165, 1.54) is 25.3 Å². The highest BCUT2D eigenvalue weighted by atomic mass is 16.6. The molecule has 98 valence electrons. The lowest BCUT2D eigenvalue weighted by atomic mass is 10.1. The molecule has 19 heavy (non-hydrogen) atoms. The van der Waals surface area contributed by atoms with E-state index in [-0.39, 0.29) is 29.2 Å². The summed E-state index contributed by atoms with van der Waals surface area (Å²) in [5.41, 5.74) is 11.3. The third-order valence-electron chi connectivity index (χ3n) is 2.31. The second-order valence-electron chi connectivity index (χ2n) is 3.52. The van der Waals surface area contributed by atoms with Crippen LogP contribution in [0.15, 0.2) is 18.2 Å². The minimum absolute atomic E-state index is 0.0390. The van der Waals surface area contributed by atoms with Gasteiger partial charge in [-0.1, -0.05) is 0 Å². The Balaban J connectivity index is 2.58. The Bertz CT molecular complexity index is 625. The van der Waals surface area contributed by atoms with Gasteiger partial charge >= 0.3 is 0 Å². The van der Waals surface area contributed by atoms with Gasteiger partial charge in [-0.2, -0.15) is 15.0 Å². The molecule has 9 nitrogen and oxygen atoms in total. The topological polar surface area (TPSA) is 143 Å². The highest BCUT2D eigenvalue weighted by Crippen LogP contribution is 2.31. The lowest BCUT2D eigenvalue weighted by Gasteiger charge is -2.07. The molecule has 0 atom stereocenters. The van der Waals surface area contributed by atoms with Gasteiger partial charge in [-0.25, -0.2) is 0 Å². The first-order valence-corrected chi connectivity index (χ1v) is 5.11. The summed E-state index contributed by atoms with van der Waals surface area (Å²) in [6.07, 6.45) is 0. The van der Waals surface area contributed by atoms with Crippen LogP contribution in [0.25, 0.3) is 11.4 Å². The van der Waals surface area contributed by atoms with Gasteiger partial charge in [0.1, 0.15) is 5.75 Å². The summed E-state index contributed by atoms with van der Waals surface area (Å²) >= 11 is 0. The predicted octanol–water partition coefficient (Wildman–Crippen LogP) is 0.620. The van der Waals surface area contributed by atoms with E-state index in [9.17, 15) is 10.1 Å². The average Bonchev–Trinajstić information content (AvgIpc) is 2.36. The summed E-state index contributed by atoms with van der Waals surface area (Å²) in [5.74, 6) is 0.363. The van der Waals surface area contributed by atoms with Crippen LogP contribution in [0.2, 0.25) is 0 Å². The Kier molecular flexibility index (Phi) is 3.10. The van der Waals surface area contributed by atoms with Crippen LogP contribution >= 0.6 is 0 Å². The zero-order valence-corrected chi connectivity index (χ0v) is 9.90. The van der Waals surface area contributed by atoms with Gasteiger partial charge in [0.05, 0.1) is 23.7 Å². The summed E-state index contributed by atoms with van der Waals surface area (Å²) in [7, 11) is 1.39. The largest absolute Gasteiger partial charge is 0.496 e. The third-order valence-corrected chi connectivity index (χ3v) is 2.31. The minimum atomic E-state index is -0.525. The Morgan fingerprint density at radius 1 is 1.21 bits per heavy atom. The summed E-state index contributed by atoms with van der Waals surface area (Å²) in [6.45, 7) is 0. The number of anilines is 2. The van der Waals surface area contributed by atoms with Crippen molar-refractivity contribution in [1.29, 1.82) is 0 Å². The quantitative estimate of drug-likeness (QED) is 0.605. The molecule has 0 saturated heterocycles. The zero-order valence-electron chi connectivity index (χ0n) is 9.90. The molecule has 0 spiro atoms. The predicted molar refractivity (Wildman–Crippen MR) is 67.3 cm³/mol. The standard InChI is InChI=1S/C10H10N6O3/c1-19-7-4-5(16(17)18)2-3-6(7)8-13-9(11)15-10(12)14-8/h2-4H,1H3,(H4,11,12,13,14,15). The number of benzene rings is 1. The maximum absolute atomic E-state index is 10.7. The van der Waals surface area contributed by atoms with Gasteiger partial charge in [-0.05, 0) is 6.07 Å². The Morgan fingerprint density at radius 3 is 2.37 bits per heavy atom. The average molecular weight is 262 g/mol. The van der Waals surface area contributed by atoms with Crippen LogP contribution in [-0.4, -0.2) is 27.0 Å². The lowest BCUT2D eigenvalue weighted by molar-refractivity contribution is -0.384. The van der Waals surface area contributed by atoms with E-state index >= 15 is 0 Å². The van der Waals surface area contributed by atoms with Crippen LogP contribution in [0, 0.1) is 10.1 Å². The Hall–Kier alpha value is -2.97. The van der Waals surface area contributed by atoms with Crippen molar-refractivity contribution in [1.82, 2.24) is 15.0 Å². The van der Waals surface area contributed by atoms with Crippen LogP contribution < -0.4 is 16.2 Å². The van der Waals surface area contributed by atoms with Crippen molar-refractivity contribution in [3.8, 4) is 17.1 Å². The molecule has 1 aromatic carbocycles. The number of non-ortho nitro benzene ring substituents is 1. The molecule has 2 rings (SSSR count). The highest BCUT2D eigenvalue weighted by molar-refractivity contribution is 5.67. The summed E-state index contributed by atoms with van der Waals surface area (Å²) < 4.78 is 5.08. The fourth-order valence-electron chi connectivity index (χ4n) is 1.51. The molecule has 0 bridgehead atoms. The van der Waals surface area contributed by atoms with Gasteiger partial charge in [-0.15, -0.1) is 0 Å². The molecule has 0 aliphatic carbocycles. The molecule has 9 heteroatoms. The first-order chi connectivity index (χ1) is 9.01. The summed E-state index contributed by atoms with van der Waals surface area (Å²) in [4.78, 5) is 21.6. The number of hydrogen-bond acceptors (Lipinski definition) is 8. The van der Waals surface area contributed by atoms with Crippen molar-refractivity contribution in [3.05, 3.63) is 28.3 Å². The Labute approximate surface area is 107 Å². The van der Waals surface area contributed by atoms with E-state index in [1.807, 2.05) is 0 Å². The van der Waals surface area contributed by atoms with Crippen molar-refractivity contribution in [2.24, 2.45) is 0 Å². The summed E-state index contributed by atoms with van der Waals surface area (Å²) in [6, 6.07) is 4.05. The SMILES string of the molecule is COc1cc([N+](=O)[O-])ccc1-c1nc(N)nc(N)n1. The van der Waals surface area contributed by atoms with E-state index in [0.717, 1.165) is 0 Å². The molecule has 1 heterocycles. The van der Waals surface area contributed by atoms with Crippen molar-refractivity contribution >= 4 is 17.6 Å². The van der Waals surface area contributed by atoms with Gasteiger partial charge in [0.25, 0.3) is 5.69 Å². The smallest absolute Gasteiger partial charge is 0.273 e. The maximum Gasteiger partial charge on any atom is 0.273 e. The molecule has 0 saturated carbocycles. The van der Waals surface area contributed by atoms with Crippen molar-refractivity contribution in [2.75, 3.05) is 18.6 Å². The molecule has 0 amide bonds. The van der Waals surface area contributed by atoms with Crippen LogP contribution in [0.3, 0.4) is 0 Å². The first-order valence-electron chi connectivity index (χ1n) is 5.11. The first kappa shape index (κ1) is 12.5. The maximum atomic E-state index is 10.7. The van der Waals surface area contributed by atoms with E-state index in [1.54, 1.807) is 0 Å². The minimum Gasteiger partial charge on any atom is -0.496 e. The fraction of sp³-hybridized carbons (Fsp3) is 0.100. The van der Waals surface area contributed by atoms with Crippen LogP contribution in [0.1, 0.15) is 0 Å². The lowest BCUT2D eigenvalue weighted by Crippen LogP contribution is -2.05. The normalized spacial score (nSPS) is 10.2. The van der Waals surface area contributed by atoms with Crippen LogP contribution in [-0.2, 0) is 0 Å². The number of hydrogen-bond donors (Lipinski definition) is 2. The van der Waals surface area contributed by atoms with Crippen molar-refractivity contribution in [2.45, 2.75) is 0 Å². The number of nitrogens with two attached hydrogens (primary N) is 2. The second-order valence-corrected chi connectivity index (χ2v) is 3.52. The number of methoxy groups -OCH3 is 1. The molecule has 0 aliphatic rings. The van der Waals surface area contributed by atoms with E-state index in [4.69, 9.17) is 16.2 Å². The number of rotatable bonds is 3. The van der Waals surface area contributed by atoms with Crippen LogP contribution in [0.4, 0.5) is 17.6 Å².